The van der Waals surface area contributed by atoms with Crippen LogP contribution in [0.25, 0.3) is 0 Å². The number of nitrogens with zero attached hydrogens (tertiary/aromatic N) is 2. The van der Waals surface area contributed by atoms with E-state index in [1.165, 1.54) is 5.56 Å². The lowest BCUT2D eigenvalue weighted by molar-refractivity contribution is 0.0947. The molecule has 0 saturated carbocycles. The van der Waals surface area contributed by atoms with Crippen LogP contribution in [0.2, 0.25) is 0 Å². The Morgan fingerprint density at radius 2 is 2.17 bits per heavy atom. The average Bonchev–Trinajstić information content (AvgIpc) is 3.08. The van der Waals surface area contributed by atoms with Crippen molar-refractivity contribution in [1.82, 2.24) is 15.2 Å². The standard InChI is InChI=1S/C19H23N3O2/c1-24-18-4-2-3-17(11-18)19(23)21-12-16-7-10-22(14-16)13-15-5-8-20-9-6-15/h2-6,8-9,11,16H,7,10,12-14H2,1H3,(H,21,23)/t16-/m1/s1. The van der Waals surface area contributed by atoms with Gasteiger partial charge in [-0.1, -0.05) is 6.07 Å². The van der Waals surface area contributed by atoms with E-state index in [2.05, 4.69) is 27.3 Å². The zero-order valence-electron chi connectivity index (χ0n) is 13.9. The summed E-state index contributed by atoms with van der Waals surface area (Å²) in [6.45, 7) is 3.74. The van der Waals surface area contributed by atoms with Crippen molar-refractivity contribution < 1.29 is 9.53 Å². The normalized spacial score (nSPS) is 17.6. The quantitative estimate of drug-likeness (QED) is 0.886. The van der Waals surface area contributed by atoms with Crippen molar-refractivity contribution in [3.63, 3.8) is 0 Å². The lowest BCUT2D eigenvalue weighted by Gasteiger charge is -2.16. The van der Waals surface area contributed by atoms with Crippen LogP contribution in [-0.2, 0) is 6.54 Å². The van der Waals surface area contributed by atoms with Gasteiger partial charge in [0.25, 0.3) is 5.91 Å². The summed E-state index contributed by atoms with van der Waals surface area (Å²) in [5.41, 5.74) is 1.92. The molecular weight excluding hydrogens is 302 g/mol. The summed E-state index contributed by atoms with van der Waals surface area (Å²) in [7, 11) is 1.60. The number of hydrogen-bond acceptors (Lipinski definition) is 4. The van der Waals surface area contributed by atoms with E-state index in [-0.39, 0.29) is 5.91 Å². The molecule has 0 radical (unpaired) electrons. The van der Waals surface area contributed by atoms with Crippen LogP contribution in [0.3, 0.4) is 0 Å². The smallest absolute Gasteiger partial charge is 0.251 e. The van der Waals surface area contributed by atoms with E-state index in [0.717, 1.165) is 26.1 Å². The first-order valence-corrected chi connectivity index (χ1v) is 8.28. The SMILES string of the molecule is COc1cccc(C(=O)NC[C@H]2CCN(Cc3ccncc3)C2)c1. The summed E-state index contributed by atoms with van der Waals surface area (Å²) in [5.74, 6) is 1.16. The van der Waals surface area contributed by atoms with E-state index >= 15 is 0 Å². The molecule has 1 aliphatic heterocycles. The Morgan fingerprint density at radius 1 is 1.33 bits per heavy atom. The molecule has 1 aromatic carbocycles. The monoisotopic (exact) mass is 325 g/mol. The maximum Gasteiger partial charge on any atom is 0.251 e. The molecule has 2 aromatic rings. The van der Waals surface area contributed by atoms with Gasteiger partial charge in [0.05, 0.1) is 7.11 Å². The second kappa shape index (κ2) is 7.93. The Kier molecular flexibility index (Phi) is 5.43. The van der Waals surface area contributed by atoms with Gasteiger partial charge in [0.1, 0.15) is 5.75 Å². The molecule has 0 spiro atoms. The van der Waals surface area contributed by atoms with Gasteiger partial charge < -0.3 is 10.1 Å². The number of carbonyl (C=O) groups is 1. The van der Waals surface area contributed by atoms with Gasteiger partial charge in [-0.3, -0.25) is 14.7 Å². The minimum Gasteiger partial charge on any atom is -0.497 e. The van der Waals surface area contributed by atoms with Crippen LogP contribution in [0, 0.1) is 5.92 Å². The number of aromatic nitrogens is 1. The molecule has 0 unspecified atom stereocenters. The molecule has 1 atom stereocenters. The number of pyridine rings is 1. The molecule has 1 saturated heterocycles. The molecule has 0 aliphatic carbocycles. The van der Waals surface area contributed by atoms with Crippen molar-refractivity contribution in [3.05, 3.63) is 59.9 Å². The van der Waals surface area contributed by atoms with Gasteiger partial charge in [0.2, 0.25) is 0 Å². The molecule has 0 bridgehead atoms. The van der Waals surface area contributed by atoms with Crippen molar-refractivity contribution in [3.8, 4) is 5.75 Å². The topological polar surface area (TPSA) is 54.5 Å². The zero-order valence-corrected chi connectivity index (χ0v) is 13.9. The number of methoxy groups -OCH3 is 1. The average molecular weight is 325 g/mol. The lowest BCUT2D eigenvalue weighted by Crippen LogP contribution is -2.31. The third-order valence-electron chi connectivity index (χ3n) is 4.41. The number of nitrogens with one attached hydrogen (secondary N) is 1. The summed E-state index contributed by atoms with van der Waals surface area (Å²) in [5, 5.41) is 3.05. The van der Waals surface area contributed by atoms with Crippen LogP contribution in [-0.4, -0.2) is 42.5 Å². The largest absolute Gasteiger partial charge is 0.497 e. The molecule has 1 aromatic heterocycles. The van der Waals surface area contributed by atoms with Crippen molar-refractivity contribution in [2.45, 2.75) is 13.0 Å². The first-order chi connectivity index (χ1) is 11.7. The number of benzene rings is 1. The molecule has 3 rings (SSSR count). The molecule has 24 heavy (non-hydrogen) atoms. The zero-order chi connectivity index (χ0) is 16.8. The van der Waals surface area contributed by atoms with Crippen LogP contribution in [0.1, 0.15) is 22.3 Å². The summed E-state index contributed by atoms with van der Waals surface area (Å²) in [4.78, 5) is 18.7. The first kappa shape index (κ1) is 16.5. The van der Waals surface area contributed by atoms with E-state index < -0.39 is 0 Å². The van der Waals surface area contributed by atoms with Crippen molar-refractivity contribution in [2.75, 3.05) is 26.7 Å². The number of hydrogen-bond donors (Lipinski definition) is 1. The second-order valence-electron chi connectivity index (χ2n) is 6.19. The van der Waals surface area contributed by atoms with E-state index in [1.54, 1.807) is 13.2 Å². The fourth-order valence-corrected chi connectivity index (χ4v) is 3.07. The Morgan fingerprint density at radius 3 is 2.96 bits per heavy atom. The fraction of sp³-hybridized carbons (Fsp3) is 0.368. The van der Waals surface area contributed by atoms with Crippen molar-refractivity contribution in [2.24, 2.45) is 5.92 Å². The van der Waals surface area contributed by atoms with E-state index in [9.17, 15) is 4.79 Å². The van der Waals surface area contributed by atoms with Crippen molar-refractivity contribution >= 4 is 5.91 Å². The van der Waals surface area contributed by atoms with Gasteiger partial charge in [0.15, 0.2) is 0 Å². The highest BCUT2D eigenvalue weighted by molar-refractivity contribution is 5.94. The summed E-state index contributed by atoms with van der Waals surface area (Å²) >= 11 is 0. The minimum absolute atomic E-state index is 0.0403. The van der Waals surface area contributed by atoms with Crippen LogP contribution < -0.4 is 10.1 Å². The Hall–Kier alpha value is -2.40. The summed E-state index contributed by atoms with van der Waals surface area (Å²) < 4.78 is 5.16. The second-order valence-corrected chi connectivity index (χ2v) is 6.19. The predicted octanol–water partition coefficient (Wildman–Crippen LogP) is 2.34. The summed E-state index contributed by atoms with van der Waals surface area (Å²) in [6.07, 6.45) is 4.78. The Labute approximate surface area is 142 Å². The summed E-state index contributed by atoms with van der Waals surface area (Å²) in [6, 6.07) is 11.3. The van der Waals surface area contributed by atoms with Crippen LogP contribution in [0.15, 0.2) is 48.8 Å². The number of carbonyl (C=O) groups excluding carboxylic acids is 1. The van der Waals surface area contributed by atoms with Gasteiger partial charge in [-0.2, -0.15) is 0 Å². The first-order valence-electron chi connectivity index (χ1n) is 8.28. The van der Waals surface area contributed by atoms with E-state index in [4.69, 9.17) is 4.74 Å². The third kappa shape index (κ3) is 4.32. The Balaban J connectivity index is 1.46. The van der Waals surface area contributed by atoms with Crippen LogP contribution in [0.5, 0.6) is 5.75 Å². The van der Waals surface area contributed by atoms with E-state index in [0.29, 0.717) is 23.8 Å². The Bertz CT molecular complexity index is 675. The van der Waals surface area contributed by atoms with Gasteiger partial charge in [-0.05, 0) is 54.8 Å². The number of amides is 1. The highest BCUT2D eigenvalue weighted by atomic mass is 16.5. The van der Waals surface area contributed by atoms with Gasteiger partial charge in [-0.15, -0.1) is 0 Å². The molecule has 1 N–H and O–H groups in total. The predicted molar refractivity (Wildman–Crippen MR) is 92.9 cm³/mol. The molecule has 126 valence electrons. The lowest BCUT2D eigenvalue weighted by atomic mass is 10.1. The molecule has 5 nitrogen and oxygen atoms in total. The van der Waals surface area contributed by atoms with Crippen LogP contribution >= 0.6 is 0 Å². The maximum absolute atomic E-state index is 12.3. The van der Waals surface area contributed by atoms with Gasteiger partial charge in [0, 0.05) is 37.6 Å². The molecule has 1 aliphatic rings. The van der Waals surface area contributed by atoms with Crippen molar-refractivity contribution in [1.29, 1.82) is 0 Å². The third-order valence-corrected chi connectivity index (χ3v) is 4.41. The molecule has 5 heteroatoms. The van der Waals surface area contributed by atoms with Gasteiger partial charge in [-0.25, -0.2) is 0 Å². The maximum atomic E-state index is 12.3. The molecule has 1 fully saturated rings. The fourth-order valence-electron chi connectivity index (χ4n) is 3.07. The highest BCUT2D eigenvalue weighted by Gasteiger charge is 2.23. The number of ether oxygens (including phenoxy) is 1. The molecule has 1 amide bonds. The number of rotatable bonds is 6. The van der Waals surface area contributed by atoms with E-state index in [1.807, 2.05) is 30.6 Å². The minimum atomic E-state index is -0.0403. The van der Waals surface area contributed by atoms with Gasteiger partial charge >= 0.3 is 0 Å². The molecule has 2 heterocycles. The molecular formula is C19H23N3O2. The van der Waals surface area contributed by atoms with Crippen LogP contribution in [0.4, 0.5) is 0 Å². The highest BCUT2D eigenvalue weighted by Crippen LogP contribution is 2.18. The number of likely N-dealkylation sites (tertiary alicyclic amines) is 1.